The summed E-state index contributed by atoms with van der Waals surface area (Å²) in [6, 6.07) is 3.31. The average molecular weight is 311 g/mol. The molecule has 0 bridgehead atoms. The Morgan fingerprint density at radius 3 is 2.59 bits per heavy atom. The van der Waals surface area contributed by atoms with E-state index in [4.69, 9.17) is 4.74 Å². The van der Waals surface area contributed by atoms with Gasteiger partial charge in [0.2, 0.25) is 0 Å². The van der Waals surface area contributed by atoms with Crippen LogP contribution in [0.4, 0.5) is 10.1 Å². The molecule has 118 valence electrons. The lowest BCUT2D eigenvalue weighted by Gasteiger charge is -2.31. The molecule has 0 spiro atoms. The number of carbonyl (C=O) groups is 2. The fourth-order valence-electron chi connectivity index (χ4n) is 2.04. The lowest BCUT2D eigenvalue weighted by molar-refractivity contribution is -0.140. The number of aromatic hydroxyl groups is 1. The Labute approximate surface area is 125 Å². The van der Waals surface area contributed by atoms with Crippen molar-refractivity contribution in [3.63, 3.8) is 0 Å². The van der Waals surface area contributed by atoms with E-state index >= 15 is 0 Å². The minimum absolute atomic E-state index is 0.0941. The van der Waals surface area contributed by atoms with E-state index < -0.39 is 17.8 Å². The Kier molecular flexibility index (Phi) is 4.62. The molecule has 0 saturated heterocycles. The van der Waals surface area contributed by atoms with Crippen LogP contribution in [-0.4, -0.2) is 44.6 Å². The maximum Gasteiger partial charge on any atom is 0.355 e. The van der Waals surface area contributed by atoms with Crippen LogP contribution in [0.15, 0.2) is 29.5 Å². The fraction of sp³-hybridized carbons (Fsp3) is 0.286. The maximum absolute atomic E-state index is 14.0. The smallest absolute Gasteiger partial charge is 0.355 e. The maximum atomic E-state index is 14.0. The summed E-state index contributed by atoms with van der Waals surface area (Å²) in [5.74, 6) is -2.53. The SMILES string of the molecule is COC(=O)C1=C(C(=O)OC)N(c2cc(O)ccc2F)COC1. The van der Waals surface area contributed by atoms with Crippen LogP contribution in [0, 0.1) is 5.82 Å². The first-order chi connectivity index (χ1) is 10.5. The molecule has 1 heterocycles. The van der Waals surface area contributed by atoms with E-state index in [-0.39, 0.29) is 36.0 Å². The van der Waals surface area contributed by atoms with Crippen molar-refractivity contribution in [1.29, 1.82) is 0 Å². The van der Waals surface area contributed by atoms with E-state index in [9.17, 15) is 19.1 Å². The summed E-state index contributed by atoms with van der Waals surface area (Å²) < 4.78 is 28.5. The molecule has 0 aliphatic carbocycles. The Morgan fingerprint density at radius 1 is 1.27 bits per heavy atom. The second kappa shape index (κ2) is 6.44. The summed E-state index contributed by atoms with van der Waals surface area (Å²) in [4.78, 5) is 24.9. The third-order valence-electron chi connectivity index (χ3n) is 3.05. The first kappa shape index (κ1) is 15.8. The van der Waals surface area contributed by atoms with Gasteiger partial charge >= 0.3 is 11.9 Å². The van der Waals surface area contributed by atoms with Crippen molar-refractivity contribution in [3.05, 3.63) is 35.3 Å². The molecule has 0 atom stereocenters. The summed E-state index contributed by atoms with van der Waals surface area (Å²) >= 11 is 0. The van der Waals surface area contributed by atoms with Crippen molar-refractivity contribution in [2.75, 3.05) is 32.5 Å². The van der Waals surface area contributed by atoms with Gasteiger partial charge in [0.25, 0.3) is 0 Å². The second-order valence-corrected chi connectivity index (χ2v) is 4.35. The van der Waals surface area contributed by atoms with Crippen molar-refractivity contribution < 1.29 is 33.3 Å². The molecule has 0 radical (unpaired) electrons. The van der Waals surface area contributed by atoms with Gasteiger partial charge in [-0.1, -0.05) is 0 Å². The van der Waals surface area contributed by atoms with Crippen molar-refractivity contribution >= 4 is 17.6 Å². The van der Waals surface area contributed by atoms with E-state index in [0.29, 0.717) is 0 Å². The number of rotatable bonds is 3. The molecule has 0 fully saturated rings. The average Bonchev–Trinajstić information content (AvgIpc) is 2.54. The number of phenolic OH excluding ortho intramolecular Hbond substituents is 1. The van der Waals surface area contributed by atoms with Crippen LogP contribution in [0.1, 0.15) is 0 Å². The molecular formula is C14H14FNO6. The highest BCUT2D eigenvalue weighted by Crippen LogP contribution is 2.31. The number of esters is 2. The van der Waals surface area contributed by atoms with Crippen molar-refractivity contribution in [2.45, 2.75) is 0 Å². The van der Waals surface area contributed by atoms with E-state index in [1.165, 1.54) is 0 Å². The molecule has 1 aliphatic heterocycles. The Bertz CT molecular complexity index is 642. The van der Waals surface area contributed by atoms with Crippen LogP contribution in [0.2, 0.25) is 0 Å². The van der Waals surface area contributed by atoms with Gasteiger partial charge in [0, 0.05) is 6.07 Å². The van der Waals surface area contributed by atoms with Gasteiger partial charge in [-0.2, -0.15) is 0 Å². The van der Waals surface area contributed by atoms with Crippen LogP contribution >= 0.6 is 0 Å². The number of hydrogen-bond donors (Lipinski definition) is 1. The molecule has 1 aromatic carbocycles. The van der Waals surface area contributed by atoms with Crippen LogP contribution in [-0.2, 0) is 23.8 Å². The second-order valence-electron chi connectivity index (χ2n) is 4.35. The number of hydrogen-bond acceptors (Lipinski definition) is 7. The van der Waals surface area contributed by atoms with Gasteiger partial charge in [-0.3, -0.25) is 0 Å². The van der Waals surface area contributed by atoms with Crippen molar-refractivity contribution in [2.24, 2.45) is 0 Å². The van der Waals surface area contributed by atoms with Gasteiger partial charge in [-0.25, -0.2) is 14.0 Å². The molecule has 0 amide bonds. The molecule has 1 aromatic rings. The predicted molar refractivity (Wildman–Crippen MR) is 72.4 cm³/mol. The lowest BCUT2D eigenvalue weighted by Crippen LogP contribution is -2.39. The zero-order valence-electron chi connectivity index (χ0n) is 12.0. The van der Waals surface area contributed by atoms with Crippen LogP contribution in [0.5, 0.6) is 5.75 Å². The number of carbonyl (C=O) groups excluding carboxylic acids is 2. The lowest BCUT2D eigenvalue weighted by atomic mass is 10.1. The topological polar surface area (TPSA) is 85.3 Å². The Hall–Kier alpha value is -2.61. The summed E-state index contributed by atoms with van der Waals surface area (Å²) in [6.07, 6.45) is 0. The molecule has 0 saturated carbocycles. The van der Waals surface area contributed by atoms with E-state index in [0.717, 1.165) is 37.3 Å². The fourth-order valence-corrected chi connectivity index (χ4v) is 2.04. The number of halogens is 1. The number of ether oxygens (including phenoxy) is 3. The molecular weight excluding hydrogens is 297 g/mol. The minimum Gasteiger partial charge on any atom is -0.508 e. The Balaban J connectivity index is 2.60. The number of nitrogens with zero attached hydrogens (tertiary/aromatic N) is 1. The van der Waals surface area contributed by atoms with Crippen LogP contribution < -0.4 is 4.90 Å². The Morgan fingerprint density at radius 2 is 1.95 bits per heavy atom. The zero-order chi connectivity index (χ0) is 16.3. The highest BCUT2D eigenvalue weighted by atomic mass is 19.1. The predicted octanol–water partition coefficient (Wildman–Crippen LogP) is 0.925. The van der Waals surface area contributed by atoms with Gasteiger partial charge in [-0.05, 0) is 12.1 Å². The minimum atomic E-state index is -0.841. The van der Waals surface area contributed by atoms with Gasteiger partial charge in [0.15, 0.2) is 0 Å². The quantitative estimate of drug-likeness (QED) is 0.831. The van der Waals surface area contributed by atoms with Crippen molar-refractivity contribution in [3.8, 4) is 5.75 Å². The largest absolute Gasteiger partial charge is 0.508 e. The number of phenols is 1. The molecule has 1 aliphatic rings. The molecule has 0 aromatic heterocycles. The highest BCUT2D eigenvalue weighted by Gasteiger charge is 2.33. The normalized spacial score (nSPS) is 14.8. The standard InChI is InChI=1S/C14H14FNO6/c1-20-13(18)9-6-22-7-16(12(9)14(19)21-2)11-5-8(17)3-4-10(11)15/h3-5,17H,6-7H2,1-2H3. The van der Waals surface area contributed by atoms with Crippen LogP contribution in [0.3, 0.4) is 0 Å². The van der Waals surface area contributed by atoms with Gasteiger partial charge < -0.3 is 24.2 Å². The van der Waals surface area contributed by atoms with Crippen molar-refractivity contribution in [1.82, 2.24) is 0 Å². The third kappa shape index (κ3) is 2.86. The molecule has 1 N–H and O–H groups in total. The molecule has 7 nitrogen and oxygen atoms in total. The number of benzene rings is 1. The monoisotopic (exact) mass is 311 g/mol. The van der Waals surface area contributed by atoms with Gasteiger partial charge in [0.1, 0.15) is 24.0 Å². The number of anilines is 1. The first-order valence-electron chi connectivity index (χ1n) is 6.23. The first-order valence-corrected chi connectivity index (χ1v) is 6.23. The van der Waals surface area contributed by atoms with E-state index in [1.54, 1.807) is 0 Å². The highest BCUT2D eigenvalue weighted by molar-refractivity contribution is 6.03. The van der Waals surface area contributed by atoms with Crippen LogP contribution in [0.25, 0.3) is 0 Å². The molecule has 22 heavy (non-hydrogen) atoms. The number of methoxy groups -OCH3 is 2. The summed E-state index contributed by atoms with van der Waals surface area (Å²) in [6.45, 7) is -0.362. The van der Waals surface area contributed by atoms with E-state index in [1.807, 2.05) is 0 Å². The molecule has 2 rings (SSSR count). The molecule has 0 unspecified atom stereocenters. The third-order valence-corrected chi connectivity index (χ3v) is 3.05. The van der Waals surface area contributed by atoms with Gasteiger partial charge in [0.05, 0.1) is 32.1 Å². The summed E-state index contributed by atoms with van der Waals surface area (Å²) in [7, 11) is 2.29. The van der Waals surface area contributed by atoms with E-state index in [2.05, 4.69) is 9.47 Å². The summed E-state index contributed by atoms with van der Waals surface area (Å²) in [5.41, 5.74) is -0.407. The van der Waals surface area contributed by atoms with Gasteiger partial charge in [-0.15, -0.1) is 0 Å². The zero-order valence-corrected chi connectivity index (χ0v) is 12.0. The summed E-state index contributed by atoms with van der Waals surface area (Å²) in [5, 5.41) is 9.51. The molecule has 8 heteroatoms.